The van der Waals surface area contributed by atoms with E-state index in [9.17, 15) is 14.4 Å². The maximum absolute atomic E-state index is 13.4. The molecule has 0 bridgehead atoms. The van der Waals surface area contributed by atoms with Crippen molar-refractivity contribution in [1.82, 2.24) is 15.1 Å². The van der Waals surface area contributed by atoms with Gasteiger partial charge in [-0.2, -0.15) is 0 Å². The smallest absolute Gasteiger partial charge is 0.407 e. The predicted octanol–water partition coefficient (Wildman–Crippen LogP) is 9.00. The first-order chi connectivity index (χ1) is 23.9. The molecule has 1 fully saturated rings. The summed E-state index contributed by atoms with van der Waals surface area (Å²) in [5.74, 6) is 6.68. The first kappa shape index (κ1) is 41.1. The van der Waals surface area contributed by atoms with Crippen LogP contribution >= 0.6 is 0 Å². The second kappa shape index (κ2) is 21.1. The molecule has 4 rings (SSSR count). The molecule has 50 heavy (non-hydrogen) atoms. The number of carbonyl (C=O) groups excluding carboxylic acids is 3. The Morgan fingerprint density at radius 1 is 0.940 bits per heavy atom. The molecule has 0 radical (unpaired) electrons. The number of alkyl carbamates (subject to hydrolysis) is 1. The molecule has 3 aromatic carbocycles. The fourth-order valence-electron chi connectivity index (χ4n) is 5.37. The van der Waals surface area contributed by atoms with Crippen LogP contribution in [-0.4, -0.2) is 60.0 Å². The maximum atomic E-state index is 13.4. The third kappa shape index (κ3) is 13.8. The number of piperidine rings is 1. The van der Waals surface area contributed by atoms with Gasteiger partial charge in [-0.3, -0.25) is 9.59 Å². The molecular weight excluding hydrogens is 622 g/mol. The third-order valence-corrected chi connectivity index (χ3v) is 7.80. The fourth-order valence-corrected chi connectivity index (χ4v) is 5.37. The van der Waals surface area contributed by atoms with Crippen LogP contribution < -0.4 is 5.32 Å². The van der Waals surface area contributed by atoms with Crippen molar-refractivity contribution in [2.75, 3.05) is 26.7 Å². The molecular formula is C43H55N3O4. The zero-order chi connectivity index (χ0) is 37.1. The zero-order valence-electron chi connectivity index (χ0n) is 30.9. The molecule has 0 aromatic heterocycles. The van der Waals surface area contributed by atoms with E-state index in [0.717, 1.165) is 48.9 Å². The minimum atomic E-state index is -0.536. The van der Waals surface area contributed by atoms with Gasteiger partial charge in [-0.25, -0.2) is 4.79 Å². The van der Waals surface area contributed by atoms with Crippen molar-refractivity contribution in [2.24, 2.45) is 0 Å². The van der Waals surface area contributed by atoms with Gasteiger partial charge >= 0.3 is 6.09 Å². The van der Waals surface area contributed by atoms with Crippen LogP contribution in [0.2, 0.25) is 0 Å². The third-order valence-electron chi connectivity index (χ3n) is 7.80. The minimum Gasteiger partial charge on any atom is -0.444 e. The van der Waals surface area contributed by atoms with Crippen LogP contribution in [0.15, 0.2) is 98.6 Å². The Morgan fingerprint density at radius 2 is 1.50 bits per heavy atom. The van der Waals surface area contributed by atoms with Crippen molar-refractivity contribution in [2.45, 2.75) is 78.4 Å². The van der Waals surface area contributed by atoms with Gasteiger partial charge in [0.05, 0.1) is 0 Å². The molecule has 1 aliphatic heterocycles. The van der Waals surface area contributed by atoms with E-state index in [-0.39, 0.29) is 11.8 Å². The van der Waals surface area contributed by atoms with Crippen molar-refractivity contribution >= 4 is 17.9 Å². The van der Waals surface area contributed by atoms with Gasteiger partial charge in [-0.15, -0.1) is 19.7 Å². The topological polar surface area (TPSA) is 79.0 Å². The van der Waals surface area contributed by atoms with Crippen molar-refractivity contribution in [3.8, 4) is 11.8 Å². The molecule has 7 heteroatoms. The van der Waals surface area contributed by atoms with E-state index < -0.39 is 11.7 Å². The quantitative estimate of drug-likeness (QED) is 0.191. The van der Waals surface area contributed by atoms with Gasteiger partial charge in [0.25, 0.3) is 11.8 Å². The number of allylic oxidation sites excluding steroid dienone is 1. The first-order valence-electron chi connectivity index (χ1n) is 17.3. The standard InChI is InChI=1S/C38H45N3O4.C3H6.C2H4/c1-6-7-21-40(5)35(42)33-15-8-11-28(24-33)17-18-29-12-9-16-34(25-29)36(43)41-22-19-31(20-23-41)32-14-10-13-30(26-32)27-39-37(44)45-38(2,3)4;1-3-2;1-2/h8-16,24-26,31H,6-7,19-23,27H2,1-5H3,(H,39,44);3H,1H2,2H3;1-2H2. The largest absolute Gasteiger partial charge is 0.444 e. The number of amides is 3. The Kier molecular flexibility index (Phi) is 17.3. The van der Waals surface area contributed by atoms with Gasteiger partial charge in [-0.1, -0.05) is 67.7 Å². The number of nitrogens with one attached hydrogen (secondary N) is 1. The fraction of sp³-hybridized carbons (Fsp3) is 0.372. The number of carbonyl (C=O) groups is 3. The predicted molar refractivity (Wildman–Crippen MR) is 205 cm³/mol. The molecule has 1 heterocycles. The van der Waals surface area contributed by atoms with Crippen LogP contribution in [-0.2, 0) is 11.3 Å². The lowest BCUT2D eigenvalue weighted by Crippen LogP contribution is -2.38. The van der Waals surface area contributed by atoms with Crippen LogP contribution in [0.5, 0.6) is 0 Å². The van der Waals surface area contributed by atoms with Gasteiger partial charge in [0.1, 0.15) is 5.60 Å². The van der Waals surface area contributed by atoms with Crippen molar-refractivity contribution in [3.63, 3.8) is 0 Å². The molecule has 266 valence electrons. The molecule has 1 N–H and O–H groups in total. The molecule has 3 aromatic rings. The normalized spacial score (nSPS) is 12.4. The van der Waals surface area contributed by atoms with E-state index in [1.54, 1.807) is 11.0 Å². The van der Waals surface area contributed by atoms with Crippen LogP contribution in [0.4, 0.5) is 4.79 Å². The summed E-state index contributed by atoms with van der Waals surface area (Å²) in [4.78, 5) is 41.9. The highest BCUT2D eigenvalue weighted by Crippen LogP contribution is 2.29. The number of likely N-dealkylation sites (tertiary alicyclic amines) is 1. The lowest BCUT2D eigenvalue weighted by Gasteiger charge is -2.32. The maximum Gasteiger partial charge on any atom is 0.407 e. The van der Waals surface area contributed by atoms with Crippen molar-refractivity contribution < 1.29 is 19.1 Å². The lowest BCUT2D eigenvalue weighted by atomic mass is 9.88. The average Bonchev–Trinajstić information content (AvgIpc) is 3.12. The summed E-state index contributed by atoms with van der Waals surface area (Å²) in [7, 11) is 1.83. The number of rotatable bonds is 8. The average molecular weight is 678 g/mol. The van der Waals surface area contributed by atoms with Crippen LogP contribution in [0.1, 0.15) is 109 Å². The zero-order valence-corrected chi connectivity index (χ0v) is 30.9. The van der Waals surface area contributed by atoms with E-state index in [0.29, 0.717) is 36.7 Å². The number of hydrogen-bond donors (Lipinski definition) is 1. The summed E-state index contributed by atoms with van der Waals surface area (Å²) in [6.07, 6.45) is 5.07. The number of ether oxygens (including phenoxy) is 1. The molecule has 0 unspecified atom stereocenters. The molecule has 7 nitrogen and oxygen atoms in total. The second-order valence-electron chi connectivity index (χ2n) is 13.1. The Morgan fingerprint density at radius 3 is 2.08 bits per heavy atom. The number of unbranched alkanes of at least 4 members (excludes halogenated alkanes) is 1. The molecule has 0 atom stereocenters. The lowest BCUT2D eigenvalue weighted by molar-refractivity contribution is 0.0523. The molecule has 1 saturated heterocycles. The highest BCUT2D eigenvalue weighted by atomic mass is 16.6. The Balaban J connectivity index is 0.00000164. The van der Waals surface area contributed by atoms with Gasteiger partial charge in [-0.05, 0) is 100 Å². The summed E-state index contributed by atoms with van der Waals surface area (Å²) in [5, 5.41) is 2.83. The number of benzene rings is 3. The van der Waals surface area contributed by atoms with E-state index in [2.05, 4.69) is 56.0 Å². The van der Waals surface area contributed by atoms with Gasteiger partial charge < -0.3 is 19.9 Å². The highest BCUT2D eigenvalue weighted by Gasteiger charge is 2.25. The van der Waals surface area contributed by atoms with E-state index >= 15 is 0 Å². The van der Waals surface area contributed by atoms with Crippen molar-refractivity contribution in [1.29, 1.82) is 0 Å². The van der Waals surface area contributed by atoms with Gasteiger partial charge in [0, 0.05) is 55.5 Å². The summed E-state index contributed by atoms with van der Waals surface area (Å²) in [5.41, 5.74) is 4.46. The number of nitrogens with zero attached hydrogens (tertiary/aromatic N) is 2. The molecule has 0 aliphatic carbocycles. The SMILES string of the molecule is C=C.C=CC.CCCCN(C)C(=O)c1cccc(C#Cc2cccc(C(=O)N3CCC(c4cccc(CNC(=O)OC(C)(C)C)c4)CC3)c2)c1. The molecule has 0 saturated carbocycles. The van der Waals surface area contributed by atoms with E-state index in [1.807, 2.05) is 100 Å². The van der Waals surface area contributed by atoms with Gasteiger partial charge in [0.2, 0.25) is 0 Å². The number of hydrogen-bond acceptors (Lipinski definition) is 4. The van der Waals surface area contributed by atoms with Gasteiger partial charge in [0.15, 0.2) is 0 Å². The molecule has 3 amide bonds. The van der Waals surface area contributed by atoms with Crippen molar-refractivity contribution in [3.05, 3.63) is 132 Å². The molecule has 1 aliphatic rings. The highest BCUT2D eigenvalue weighted by molar-refractivity contribution is 5.95. The monoisotopic (exact) mass is 677 g/mol. The Hall–Kier alpha value is -5.09. The Labute approximate surface area is 300 Å². The van der Waals surface area contributed by atoms with E-state index in [4.69, 9.17) is 4.74 Å². The van der Waals surface area contributed by atoms with Crippen LogP contribution in [0.3, 0.4) is 0 Å². The molecule has 0 spiro atoms. The van der Waals surface area contributed by atoms with Crippen LogP contribution in [0.25, 0.3) is 0 Å². The summed E-state index contributed by atoms with van der Waals surface area (Å²) in [6, 6.07) is 23.1. The summed E-state index contributed by atoms with van der Waals surface area (Å²) in [6.45, 7) is 21.4. The second-order valence-corrected chi connectivity index (χ2v) is 13.1. The summed E-state index contributed by atoms with van der Waals surface area (Å²) >= 11 is 0. The first-order valence-corrected chi connectivity index (χ1v) is 17.3. The minimum absolute atomic E-state index is 0.00799. The summed E-state index contributed by atoms with van der Waals surface area (Å²) < 4.78 is 5.34. The Bertz CT molecular complexity index is 1620. The van der Waals surface area contributed by atoms with Crippen LogP contribution in [0, 0.1) is 11.8 Å². The van der Waals surface area contributed by atoms with E-state index in [1.165, 1.54) is 5.56 Å².